The smallest absolute Gasteiger partial charge is 0.271 e. The first kappa shape index (κ1) is 21.0. The molecule has 2 amide bonds. The highest BCUT2D eigenvalue weighted by atomic mass is 32.1. The molecule has 168 valence electrons. The van der Waals surface area contributed by atoms with E-state index >= 15 is 0 Å². The van der Waals surface area contributed by atoms with Crippen LogP contribution in [0.1, 0.15) is 68.8 Å². The molecule has 1 saturated heterocycles. The third-order valence-electron chi connectivity index (χ3n) is 7.57. The lowest BCUT2D eigenvalue weighted by molar-refractivity contribution is -0.133. The van der Waals surface area contributed by atoms with Gasteiger partial charge in [0.25, 0.3) is 5.91 Å². The van der Waals surface area contributed by atoms with Gasteiger partial charge in [-0.1, -0.05) is 25.7 Å². The molecule has 3 aliphatic rings. The number of amides is 2. The number of fused-ring (bicyclic) bond motifs is 3. The molecule has 1 aliphatic carbocycles. The Kier molecular flexibility index (Phi) is 5.82. The van der Waals surface area contributed by atoms with E-state index in [0.29, 0.717) is 13.1 Å². The molecule has 31 heavy (non-hydrogen) atoms. The molecule has 4 heterocycles. The van der Waals surface area contributed by atoms with E-state index in [4.69, 9.17) is 0 Å². The van der Waals surface area contributed by atoms with Gasteiger partial charge in [-0.15, -0.1) is 11.3 Å². The molecule has 1 saturated carbocycles. The molecular formula is C24H34N4O2S. The van der Waals surface area contributed by atoms with E-state index in [1.165, 1.54) is 38.5 Å². The van der Waals surface area contributed by atoms with Crippen molar-refractivity contribution in [1.29, 1.82) is 0 Å². The molecule has 5 rings (SSSR count). The van der Waals surface area contributed by atoms with Gasteiger partial charge in [0.15, 0.2) is 0 Å². The fourth-order valence-electron chi connectivity index (χ4n) is 5.64. The number of aromatic nitrogens is 1. The van der Waals surface area contributed by atoms with Crippen LogP contribution in [0.4, 0.5) is 0 Å². The molecule has 0 spiro atoms. The van der Waals surface area contributed by atoms with Crippen molar-refractivity contribution in [3.63, 3.8) is 0 Å². The SMILES string of the molecule is C[C@]1(C(=O)NC2CCCC2)Cn2c(cc3sccc32)C(=O)N1CCN1CCCCCC1. The highest BCUT2D eigenvalue weighted by Crippen LogP contribution is 2.34. The Morgan fingerprint density at radius 2 is 1.87 bits per heavy atom. The van der Waals surface area contributed by atoms with Gasteiger partial charge < -0.3 is 19.7 Å². The van der Waals surface area contributed by atoms with Crippen LogP contribution < -0.4 is 5.32 Å². The van der Waals surface area contributed by atoms with Crippen molar-refractivity contribution in [3.8, 4) is 0 Å². The van der Waals surface area contributed by atoms with E-state index in [0.717, 1.165) is 48.4 Å². The molecule has 0 unspecified atom stereocenters. The summed E-state index contributed by atoms with van der Waals surface area (Å²) < 4.78 is 3.20. The summed E-state index contributed by atoms with van der Waals surface area (Å²) in [5.41, 5.74) is 0.927. The van der Waals surface area contributed by atoms with E-state index in [9.17, 15) is 9.59 Å². The summed E-state index contributed by atoms with van der Waals surface area (Å²) in [5.74, 6) is -0.000102. The van der Waals surface area contributed by atoms with Crippen LogP contribution in [0.3, 0.4) is 0 Å². The number of carbonyl (C=O) groups excluding carboxylic acids is 2. The van der Waals surface area contributed by atoms with Gasteiger partial charge in [0.2, 0.25) is 5.91 Å². The Labute approximate surface area is 188 Å². The second kappa shape index (κ2) is 8.58. The summed E-state index contributed by atoms with van der Waals surface area (Å²) in [5, 5.41) is 5.35. The molecule has 6 nitrogen and oxygen atoms in total. The minimum Gasteiger partial charge on any atom is -0.351 e. The van der Waals surface area contributed by atoms with Crippen molar-refractivity contribution < 1.29 is 9.59 Å². The number of hydrogen-bond donors (Lipinski definition) is 1. The summed E-state index contributed by atoms with van der Waals surface area (Å²) >= 11 is 1.66. The summed E-state index contributed by atoms with van der Waals surface area (Å²) in [4.78, 5) is 31.7. The highest BCUT2D eigenvalue weighted by molar-refractivity contribution is 7.17. The Morgan fingerprint density at radius 1 is 1.13 bits per heavy atom. The van der Waals surface area contributed by atoms with Crippen LogP contribution in [0.25, 0.3) is 10.2 Å². The van der Waals surface area contributed by atoms with Crippen molar-refractivity contribution in [3.05, 3.63) is 23.2 Å². The van der Waals surface area contributed by atoms with Crippen molar-refractivity contribution in [2.24, 2.45) is 0 Å². The van der Waals surface area contributed by atoms with Crippen molar-refractivity contribution in [2.75, 3.05) is 26.2 Å². The summed E-state index contributed by atoms with van der Waals surface area (Å²) in [7, 11) is 0. The first-order chi connectivity index (χ1) is 15.1. The monoisotopic (exact) mass is 442 g/mol. The molecular weight excluding hydrogens is 408 g/mol. The van der Waals surface area contributed by atoms with Crippen LogP contribution in [0, 0.1) is 0 Å². The zero-order chi connectivity index (χ0) is 21.4. The van der Waals surface area contributed by atoms with Crippen molar-refractivity contribution in [2.45, 2.75) is 76.4 Å². The molecule has 0 radical (unpaired) electrons. The summed E-state index contributed by atoms with van der Waals surface area (Å²) in [6.45, 7) is 6.13. The van der Waals surface area contributed by atoms with Crippen LogP contribution in [0.5, 0.6) is 0 Å². The minimum atomic E-state index is -0.869. The number of likely N-dealkylation sites (tertiary alicyclic amines) is 1. The van der Waals surface area contributed by atoms with Crippen molar-refractivity contribution in [1.82, 2.24) is 19.7 Å². The topological polar surface area (TPSA) is 57.6 Å². The molecule has 1 atom stereocenters. The second-order valence-corrected chi connectivity index (χ2v) is 10.7. The summed E-state index contributed by atoms with van der Waals surface area (Å²) in [6.07, 6.45) is 9.50. The van der Waals surface area contributed by atoms with E-state index < -0.39 is 5.54 Å². The van der Waals surface area contributed by atoms with Crippen LogP contribution in [0.2, 0.25) is 0 Å². The molecule has 0 aromatic carbocycles. The van der Waals surface area contributed by atoms with Crippen molar-refractivity contribution >= 4 is 33.4 Å². The fourth-order valence-corrected chi connectivity index (χ4v) is 6.46. The summed E-state index contributed by atoms with van der Waals surface area (Å²) in [6, 6.07) is 4.33. The van der Waals surface area contributed by atoms with E-state index in [1.807, 2.05) is 17.9 Å². The highest BCUT2D eigenvalue weighted by Gasteiger charge is 2.48. The van der Waals surface area contributed by atoms with Gasteiger partial charge in [0, 0.05) is 19.1 Å². The molecule has 2 fully saturated rings. The maximum Gasteiger partial charge on any atom is 0.271 e. The minimum absolute atomic E-state index is 0.00588. The van der Waals surface area contributed by atoms with E-state index in [1.54, 1.807) is 11.3 Å². The normalized spacial score (nSPS) is 25.7. The maximum atomic E-state index is 13.7. The standard InChI is InChI=1S/C24H34N4O2S/c1-24(23(30)25-18-8-4-5-9-18)17-27-19-10-15-31-21(19)16-20(27)22(29)28(24)14-13-26-11-6-2-3-7-12-26/h10,15-16,18H,2-9,11-14,17H2,1H3,(H,25,30)/t24-/m1/s1. The van der Waals surface area contributed by atoms with Gasteiger partial charge >= 0.3 is 0 Å². The first-order valence-corrected chi connectivity index (χ1v) is 12.9. The number of rotatable bonds is 5. The van der Waals surface area contributed by atoms with E-state index in [2.05, 4.69) is 26.2 Å². The fraction of sp³-hybridized carbons (Fsp3) is 0.667. The lowest BCUT2D eigenvalue weighted by Crippen LogP contribution is -2.65. The van der Waals surface area contributed by atoms with Crippen LogP contribution in [-0.4, -0.2) is 63.9 Å². The Hall–Kier alpha value is -1.86. The van der Waals surface area contributed by atoms with Gasteiger partial charge in [0.05, 0.1) is 16.8 Å². The molecule has 0 bridgehead atoms. The Bertz CT molecular complexity index is 952. The predicted octanol–water partition coefficient (Wildman–Crippen LogP) is 3.85. The average Bonchev–Trinajstić information content (AvgIpc) is 3.44. The van der Waals surface area contributed by atoms with E-state index in [-0.39, 0.29) is 17.9 Å². The second-order valence-electron chi connectivity index (χ2n) is 9.73. The van der Waals surface area contributed by atoms with Crippen LogP contribution in [-0.2, 0) is 11.3 Å². The molecule has 2 aliphatic heterocycles. The lowest BCUT2D eigenvalue weighted by atomic mass is 9.94. The quantitative estimate of drug-likeness (QED) is 0.765. The average molecular weight is 443 g/mol. The third kappa shape index (κ3) is 3.91. The number of carbonyl (C=O) groups is 2. The number of nitrogens with zero attached hydrogens (tertiary/aromatic N) is 3. The van der Waals surface area contributed by atoms with Gasteiger partial charge in [0.1, 0.15) is 11.2 Å². The van der Waals surface area contributed by atoms with Gasteiger partial charge in [-0.05, 0) is 63.2 Å². The first-order valence-electron chi connectivity index (χ1n) is 12.0. The zero-order valence-electron chi connectivity index (χ0n) is 18.6. The maximum absolute atomic E-state index is 13.7. The predicted molar refractivity (Wildman–Crippen MR) is 125 cm³/mol. The molecule has 1 N–H and O–H groups in total. The van der Waals surface area contributed by atoms with Gasteiger partial charge in [-0.2, -0.15) is 0 Å². The molecule has 2 aromatic rings. The third-order valence-corrected chi connectivity index (χ3v) is 8.42. The van der Waals surface area contributed by atoms with Crippen LogP contribution >= 0.6 is 11.3 Å². The van der Waals surface area contributed by atoms with Gasteiger partial charge in [-0.25, -0.2) is 0 Å². The largest absolute Gasteiger partial charge is 0.351 e. The number of thiophene rings is 1. The molecule has 2 aromatic heterocycles. The van der Waals surface area contributed by atoms with Gasteiger partial charge in [-0.3, -0.25) is 9.59 Å². The Balaban J connectivity index is 1.43. The lowest BCUT2D eigenvalue weighted by Gasteiger charge is -2.45. The number of nitrogens with one attached hydrogen (secondary N) is 1. The van der Waals surface area contributed by atoms with Crippen LogP contribution in [0.15, 0.2) is 17.5 Å². The number of hydrogen-bond acceptors (Lipinski definition) is 4. The zero-order valence-corrected chi connectivity index (χ0v) is 19.4. The molecule has 7 heteroatoms. The Morgan fingerprint density at radius 3 is 2.61 bits per heavy atom.